The van der Waals surface area contributed by atoms with E-state index in [1.165, 1.54) is 0 Å². The van der Waals surface area contributed by atoms with Gasteiger partial charge in [-0.1, -0.05) is 12.0 Å². The van der Waals surface area contributed by atoms with Crippen LogP contribution in [0.3, 0.4) is 0 Å². The molecule has 6 heteroatoms. The molecule has 0 aromatic rings. The summed E-state index contributed by atoms with van der Waals surface area (Å²) >= 11 is 0. The molecule has 0 aliphatic heterocycles. The van der Waals surface area contributed by atoms with E-state index < -0.39 is 18.5 Å². The van der Waals surface area contributed by atoms with Gasteiger partial charge in [-0.05, 0) is 6.42 Å². The molecule has 0 fully saturated rings. The van der Waals surface area contributed by atoms with Crippen LogP contribution in [0, 0.1) is 12.3 Å². The highest BCUT2D eigenvalue weighted by molar-refractivity contribution is 5.80. The van der Waals surface area contributed by atoms with E-state index in [0.717, 1.165) is 11.3 Å². The number of nitrogens with zero attached hydrogens (tertiary/aromatic N) is 1. The molecular formula is C12H18N2O4. The van der Waals surface area contributed by atoms with Gasteiger partial charge in [-0.3, -0.25) is 4.79 Å². The quantitative estimate of drug-likeness (QED) is 0.352. The molecule has 0 unspecified atom stereocenters. The Bertz CT molecular complexity index is 323. The number of aliphatic carboxylic acids is 1. The molecule has 18 heavy (non-hydrogen) atoms. The van der Waals surface area contributed by atoms with E-state index in [0.29, 0.717) is 19.8 Å². The summed E-state index contributed by atoms with van der Waals surface area (Å²) in [5.41, 5.74) is 0. The molecule has 0 saturated heterocycles. The van der Waals surface area contributed by atoms with Crippen molar-refractivity contribution in [2.45, 2.75) is 6.42 Å². The van der Waals surface area contributed by atoms with Crippen molar-refractivity contribution in [1.82, 2.24) is 10.2 Å². The minimum Gasteiger partial charge on any atom is -0.480 e. The zero-order chi connectivity index (χ0) is 13.8. The fraction of sp³-hybridized carbons (Fsp3) is 0.500. The van der Waals surface area contributed by atoms with E-state index in [1.807, 2.05) is 0 Å². The number of nitrogens with one attached hydrogen (secondary N) is 1. The van der Waals surface area contributed by atoms with Crippen molar-refractivity contribution in [1.29, 1.82) is 0 Å². The number of hydrogen-bond acceptors (Lipinski definition) is 3. The summed E-state index contributed by atoms with van der Waals surface area (Å²) in [5.74, 6) is 1.12. The highest BCUT2D eigenvalue weighted by Crippen LogP contribution is 1.89. The number of hydrogen-bond donors (Lipinski definition) is 2. The van der Waals surface area contributed by atoms with Crippen molar-refractivity contribution in [3.05, 3.63) is 12.7 Å². The Morgan fingerprint density at radius 1 is 1.50 bits per heavy atom. The first-order valence-corrected chi connectivity index (χ1v) is 5.48. The molecule has 100 valence electrons. The molecule has 0 heterocycles. The molecule has 0 atom stereocenters. The SMILES string of the molecule is C#CCN(CC(=O)O)C(=O)NCCOCCC=C. The van der Waals surface area contributed by atoms with Gasteiger partial charge in [-0.15, -0.1) is 13.0 Å². The van der Waals surface area contributed by atoms with Gasteiger partial charge in [0.2, 0.25) is 0 Å². The Hall–Kier alpha value is -2.00. The maximum absolute atomic E-state index is 11.5. The standard InChI is InChI=1S/C12H18N2O4/c1-3-5-8-18-9-6-13-12(17)14(7-4-2)10-11(15)16/h2-3H,1,5-10H2,(H,13,17)(H,15,16). The van der Waals surface area contributed by atoms with Crippen LogP contribution in [0.25, 0.3) is 0 Å². The van der Waals surface area contributed by atoms with Crippen molar-refractivity contribution in [2.75, 3.05) is 32.8 Å². The smallest absolute Gasteiger partial charge is 0.323 e. The van der Waals surface area contributed by atoms with Crippen LogP contribution in [-0.2, 0) is 9.53 Å². The average molecular weight is 254 g/mol. The van der Waals surface area contributed by atoms with Crippen LogP contribution < -0.4 is 5.32 Å². The van der Waals surface area contributed by atoms with Gasteiger partial charge in [-0.2, -0.15) is 0 Å². The fourth-order valence-corrected chi connectivity index (χ4v) is 1.08. The van der Waals surface area contributed by atoms with Gasteiger partial charge < -0.3 is 20.1 Å². The Labute approximate surface area is 107 Å². The Balaban J connectivity index is 3.85. The molecule has 2 N–H and O–H groups in total. The normalized spacial score (nSPS) is 9.28. The number of terminal acetylenes is 1. The number of urea groups is 1. The average Bonchev–Trinajstić information content (AvgIpc) is 2.32. The highest BCUT2D eigenvalue weighted by Gasteiger charge is 2.14. The first-order chi connectivity index (χ1) is 8.61. The third-order valence-electron chi connectivity index (χ3n) is 1.88. The number of ether oxygens (including phenoxy) is 1. The predicted octanol–water partition coefficient (Wildman–Crippen LogP) is 0.308. The molecule has 0 aliphatic carbocycles. The van der Waals surface area contributed by atoms with Crippen LogP contribution in [0.4, 0.5) is 4.79 Å². The molecular weight excluding hydrogens is 236 g/mol. The van der Waals surface area contributed by atoms with Crippen LogP contribution in [-0.4, -0.2) is 54.9 Å². The van der Waals surface area contributed by atoms with Gasteiger partial charge in [0.1, 0.15) is 6.54 Å². The van der Waals surface area contributed by atoms with Gasteiger partial charge in [0, 0.05) is 6.54 Å². The summed E-state index contributed by atoms with van der Waals surface area (Å²) in [7, 11) is 0. The van der Waals surface area contributed by atoms with E-state index in [2.05, 4.69) is 17.8 Å². The van der Waals surface area contributed by atoms with Crippen molar-refractivity contribution < 1.29 is 19.4 Å². The van der Waals surface area contributed by atoms with Crippen molar-refractivity contribution in [3.8, 4) is 12.3 Å². The third-order valence-corrected chi connectivity index (χ3v) is 1.88. The third kappa shape index (κ3) is 8.19. The number of rotatable bonds is 9. The van der Waals surface area contributed by atoms with Crippen LogP contribution in [0.5, 0.6) is 0 Å². The molecule has 0 spiro atoms. The summed E-state index contributed by atoms with van der Waals surface area (Å²) in [5, 5.41) is 11.1. The fourth-order valence-electron chi connectivity index (χ4n) is 1.08. The summed E-state index contributed by atoms with van der Waals surface area (Å²) in [6, 6.07) is -0.511. The zero-order valence-electron chi connectivity index (χ0n) is 10.2. The van der Waals surface area contributed by atoms with E-state index in [9.17, 15) is 9.59 Å². The van der Waals surface area contributed by atoms with Crippen LogP contribution in [0.15, 0.2) is 12.7 Å². The van der Waals surface area contributed by atoms with Gasteiger partial charge in [-0.25, -0.2) is 4.79 Å². The molecule has 6 nitrogen and oxygen atoms in total. The molecule has 0 radical (unpaired) electrons. The minimum atomic E-state index is -1.11. The van der Waals surface area contributed by atoms with E-state index >= 15 is 0 Å². The second-order valence-electron chi connectivity index (χ2n) is 3.38. The van der Waals surface area contributed by atoms with E-state index in [1.54, 1.807) is 6.08 Å². The lowest BCUT2D eigenvalue weighted by atomic mass is 10.4. The Morgan fingerprint density at radius 2 is 2.22 bits per heavy atom. The second-order valence-corrected chi connectivity index (χ2v) is 3.38. The van der Waals surface area contributed by atoms with E-state index in [-0.39, 0.29) is 6.54 Å². The maximum atomic E-state index is 11.5. The monoisotopic (exact) mass is 254 g/mol. The van der Waals surface area contributed by atoms with Gasteiger partial charge in [0.05, 0.1) is 19.8 Å². The lowest BCUT2D eigenvalue weighted by Crippen LogP contribution is -2.43. The summed E-state index contributed by atoms with van der Waals surface area (Å²) < 4.78 is 5.18. The molecule has 0 bridgehead atoms. The highest BCUT2D eigenvalue weighted by atomic mass is 16.5. The van der Waals surface area contributed by atoms with Crippen LogP contribution in [0.1, 0.15) is 6.42 Å². The number of amides is 2. The van der Waals surface area contributed by atoms with Crippen molar-refractivity contribution >= 4 is 12.0 Å². The number of carboxylic acid groups (broad SMARTS) is 1. The Kier molecular flexibility index (Phi) is 9.04. The van der Waals surface area contributed by atoms with Gasteiger partial charge >= 0.3 is 12.0 Å². The predicted molar refractivity (Wildman–Crippen MR) is 67.1 cm³/mol. The van der Waals surface area contributed by atoms with Gasteiger partial charge in [0.15, 0.2) is 0 Å². The largest absolute Gasteiger partial charge is 0.480 e. The first kappa shape index (κ1) is 16.0. The van der Waals surface area contributed by atoms with Crippen molar-refractivity contribution in [2.24, 2.45) is 0 Å². The first-order valence-electron chi connectivity index (χ1n) is 5.48. The number of carboxylic acids is 1. The van der Waals surface area contributed by atoms with Crippen molar-refractivity contribution in [3.63, 3.8) is 0 Å². The summed E-state index contributed by atoms with van der Waals surface area (Å²) in [4.78, 5) is 23.1. The van der Waals surface area contributed by atoms with Crippen LogP contribution >= 0.6 is 0 Å². The Morgan fingerprint density at radius 3 is 2.78 bits per heavy atom. The summed E-state index contributed by atoms with van der Waals surface area (Å²) in [6.45, 7) is 4.28. The zero-order valence-corrected chi connectivity index (χ0v) is 10.2. The number of carbonyl (C=O) groups is 2. The topological polar surface area (TPSA) is 78.9 Å². The minimum absolute atomic E-state index is 0.0462. The maximum Gasteiger partial charge on any atom is 0.323 e. The lowest BCUT2D eigenvalue weighted by Gasteiger charge is -2.18. The second kappa shape index (κ2) is 10.2. The molecule has 0 aliphatic rings. The molecule has 0 saturated carbocycles. The molecule has 0 aromatic heterocycles. The molecule has 0 aromatic carbocycles. The van der Waals surface area contributed by atoms with Gasteiger partial charge in [0.25, 0.3) is 0 Å². The van der Waals surface area contributed by atoms with Crippen LogP contribution in [0.2, 0.25) is 0 Å². The molecule has 0 rings (SSSR count). The van der Waals surface area contributed by atoms with E-state index in [4.69, 9.17) is 16.3 Å². The molecule has 2 amide bonds. The summed E-state index contributed by atoms with van der Waals surface area (Å²) in [6.07, 6.45) is 7.54. The number of carbonyl (C=O) groups excluding carboxylic acids is 1. The lowest BCUT2D eigenvalue weighted by molar-refractivity contribution is -0.137.